The number of likely N-dealkylation sites (tertiary alicyclic amines) is 1. The van der Waals surface area contributed by atoms with Crippen molar-refractivity contribution in [3.63, 3.8) is 0 Å². The van der Waals surface area contributed by atoms with Gasteiger partial charge in [-0.25, -0.2) is 0 Å². The van der Waals surface area contributed by atoms with Crippen molar-refractivity contribution in [2.24, 2.45) is 5.73 Å². The standard InChI is InChI=1S/C11H20N4O/c1-8(12)11-13-10(14-16-11)7-9-5-3-4-6-15(9)2/h8-9H,3-7,12H2,1-2H3. The van der Waals surface area contributed by atoms with Crippen LogP contribution in [0, 0.1) is 0 Å². The summed E-state index contributed by atoms with van der Waals surface area (Å²) in [5.74, 6) is 1.32. The van der Waals surface area contributed by atoms with Crippen molar-refractivity contribution in [3.05, 3.63) is 11.7 Å². The lowest BCUT2D eigenvalue weighted by molar-refractivity contribution is 0.181. The number of piperidine rings is 1. The van der Waals surface area contributed by atoms with E-state index in [-0.39, 0.29) is 6.04 Å². The highest BCUT2D eigenvalue weighted by molar-refractivity contribution is 4.94. The third-order valence-corrected chi connectivity index (χ3v) is 3.21. The molecule has 1 aromatic heterocycles. The Labute approximate surface area is 96.0 Å². The maximum atomic E-state index is 5.68. The number of aromatic nitrogens is 2. The maximum absolute atomic E-state index is 5.68. The van der Waals surface area contributed by atoms with Gasteiger partial charge in [-0.1, -0.05) is 11.6 Å². The van der Waals surface area contributed by atoms with E-state index in [0.717, 1.165) is 12.2 Å². The Morgan fingerprint density at radius 2 is 2.38 bits per heavy atom. The molecule has 0 radical (unpaired) electrons. The fourth-order valence-corrected chi connectivity index (χ4v) is 2.15. The van der Waals surface area contributed by atoms with Gasteiger partial charge in [0.1, 0.15) is 0 Å². The van der Waals surface area contributed by atoms with E-state index in [9.17, 15) is 0 Å². The molecular formula is C11H20N4O. The average Bonchev–Trinajstić information content (AvgIpc) is 2.70. The first kappa shape index (κ1) is 11.5. The van der Waals surface area contributed by atoms with Crippen LogP contribution in [0.15, 0.2) is 4.52 Å². The molecule has 90 valence electrons. The molecule has 0 amide bonds. The van der Waals surface area contributed by atoms with E-state index in [0.29, 0.717) is 11.9 Å². The highest BCUT2D eigenvalue weighted by Gasteiger charge is 2.21. The summed E-state index contributed by atoms with van der Waals surface area (Å²) in [4.78, 5) is 6.69. The molecule has 0 saturated carbocycles. The fraction of sp³-hybridized carbons (Fsp3) is 0.818. The minimum absolute atomic E-state index is 0.176. The number of hydrogen-bond acceptors (Lipinski definition) is 5. The van der Waals surface area contributed by atoms with E-state index in [2.05, 4.69) is 22.1 Å². The first-order chi connectivity index (χ1) is 7.66. The second-order valence-electron chi connectivity index (χ2n) is 4.67. The maximum Gasteiger partial charge on any atom is 0.243 e. The highest BCUT2D eigenvalue weighted by atomic mass is 16.5. The SMILES string of the molecule is CC(N)c1nc(CC2CCCCN2C)no1. The minimum Gasteiger partial charge on any atom is -0.338 e. The largest absolute Gasteiger partial charge is 0.338 e. The van der Waals surface area contributed by atoms with Crippen molar-refractivity contribution in [2.45, 2.75) is 44.7 Å². The Bertz CT molecular complexity index is 336. The Morgan fingerprint density at radius 1 is 1.56 bits per heavy atom. The summed E-state index contributed by atoms with van der Waals surface area (Å²) in [5.41, 5.74) is 5.68. The zero-order valence-electron chi connectivity index (χ0n) is 10.0. The van der Waals surface area contributed by atoms with Crippen molar-refractivity contribution in [2.75, 3.05) is 13.6 Å². The van der Waals surface area contributed by atoms with Crippen LogP contribution in [0.4, 0.5) is 0 Å². The first-order valence-electron chi connectivity index (χ1n) is 5.95. The normalized spacial score (nSPS) is 24.6. The van der Waals surface area contributed by atoms with E-state index in [1.165, 1.54) is 25.8 Å². The smallest absolute Gasteiger partial charge is 0.243 e. The summed E-state index contributed by atoms with van der Waals surface area (Å²) in [7, 11) is 2.16. The van der Waals surface area contributed by atoms with Gasteiger partial charge in [0.15, 0.2) is 5.82 Å². The van der Waals surface area contributed by atoms with Crippen LogP contribution in [0.3, 0.4) is 0 Å². The summed E-state index contributed by atoms with van der Waals surface area (Å²) in [6, 6.07) is 0.373. The topological polar surface area (TPSA) is 68.2 Å². The van der Waals surface area contributed by atoms with E-state index in [4.69, 9.17) is 10.3 Å². The quantitative estimate of drug-likeness (QED) is 0.833. The van der Waals surface area contributed by atoms with Crippen LogP contribution in [-0.4, -0.2) is 34.7 Å². The van der Waals surface area contributed by atoms with Gasteiger partial charge in [-0.2, -0.15) is 4.98 Å². The van der Waals surface area contributed by atoms with Crippen molar-refractivity contribution >= 4 is 0 Å². The van der Waals surface area contributed by atoms with Gasteiger partial charge in [0.05, 0.1) is 6.04 Å². The zero-order valence-corrected chi connectivity index (χ0v) is 10.0. The predicted molar refractivity (Wildman–Crippen MR) is 60.9 cm³/mol. The fourth-order valence-electron chi connectivity index (χ4n) is 2.15. The molecule has 0 aliphatic carbocycles. The molecule has 2 unspecified atom stereocenters. The van der Waals surface area contributed by atoms with E-state index in [1.807, 2.05) is 6.92 Å². The molecule has 2 heterocycles. The van der Waals surface area contributed by atoms with Gasteiger partial charge in [-0.05, 0) is 33.4 Å². The van der Waals surface area contributed by atoms with Crippen molar-refractivity contribution in [1.29, 1.82) is 0 Å². The molecule has 16 heavy (non-hydrogen) atoms. The third-order valence-electron chi connectivity index (χ3n) is 3.21. The Kier molecular flexibility index (Phi) is 3.56. The lowest BCUT2D eigenvalue weighted by Gasteiger charge is -2.31. The van der Waals surface area contributed by atoms with Crippen LogP contribution < -0.4 is 5.73 Å². The Hall–Kier alpha value is -0.940. The molecule has 1 aliphatic rings. The molecular weight excluding hydrogens is 204 g/mol. The number of nitrogens with two attached hydrogens (primary N) is 1. The Balaban J connectivity index is 1.97. The minimum atomic E-state index is -0.176. The summed E-state index contributed by atoms with van der Waals surface area (Å²) in [6.07, 6.45) is 4.68. The lowest BCUT2D eigenvalue weighted by Crippen LogP contribution is -2.37. The molecule has 0 spiro atoms. The van der Waals surface area contributed by atoms with E-state index < -0.39 is 0 Å². The Morgan fingerprint density at radius 3 is 3.00 bits per heavy atom. The molecule has 2 N–H and O–H groups in total. The van der Waals surface area contributed by atoms with Crippen molar-refractivity contribution in [3.8, 4) is 0 Å². The molecule has 1 aliphatic heterocycles. The van der Waals surface area contributed by atoms with E-state index in [1.54, 1.807) is 0 Å². The monoisotopic (exact) mass is 224 g/mol. The molecule has 1 fully saturated rings. The molecule has 2 atom stereocenters. The summed E-state index contributed by atoms with van der Waals surface area (Å²) in [6.45, 7) is 3.02. The first-order valence-corrected chi connectivity index (χ1v) is 5.95. The molecule has 2 rings (SSSR count). The second kappa shape index (κ2) is 4.93. The van der Waals surface area contributed by atoms with Crippen LogP contribution in [0.1, 0.15) is 43.9 Å². The summed E-state index contributed by atoms with van der Waals surface area (Å²) >= 11 is 0. The van der Waals surface area contributed by atoms with Gasteiger partial charge >= 0.3 is 0 Å². The highest BCUT2D eigenvalue weighted by Crippen LogP contribution is 2.18. The third kappa shape index (κ3) is 2.59. The molecule has 1 saturated heterocycles. The summed E-state index contributed by atoms with van der Waals surface area (Å²) in [5, 5.41) is 3.97. The molecule has 5 heteroatoms. The van der Waals surface area contributed by atoms with Crippen LogP contribution in [-0.2, 0) is 6.42 Å². The lowest BCUT2D eigenvalue weighted by atomic mass is 10.00. The number of hydrogen-bond donors (Lipinski definition) is 1. The van der Waals surface area contributed by atoms with Crippen LogP contribution >= 0.6 is 0 Å². The summed E-state index contributed by atoms with van der Waals surface area (Å²) < 4.78 is 5.10. The number of nitrogens with zero attached hydrogens (tertiary/aromatic N) is 3. The van der Waals surface area contributed by atoms with Crippen LogP contribution in [0.25, 0.3) is 0 Å². The van der Waals surface area contributed by atoms with Gasteiger partial charge < -0.3 is 15.2 Å². The molecule has 0 aromatic carbocycles. The number of likely N-dealkylation sites (N-methyl/N-ethyl adjacent to an activating group) is 1. The van der Waals surface area contributed by atoms with E-state index >= 15 is 0 Å². The second-order valence-corrected chi connectivity index (χ2v) is 4.67. The van der Waals surface area contributed by atoms with Gasteiger partial charge in [0.2, 0.25) is 5.89 Å². The molecule has 1 aromatic rings. The molecule has 5 nitrogen and oxygen atoms in total. The van der Waals surface area contributed by atoms with Crippen molar-refractivity contribution < 1.29 is 4.52 Å². The van der Waals surface area contributed by atoms with Gasteiger partial charge in [0.25, 0.3) is 0 Å². The molecule has 0 bridgehead atoms. The zero-order chi connectivity index (χ0) is 11.5. The van der Waals surface area contributed by atoms with Gasteiger partial charge in [-0.3, -0.25) is 0 Å². The van der Waals surface area contributed by atoms with Gasteiger partial charge in [0, 0.05) is 12.5 Å². The number of rotatable bonds is 3. The van der Waals surface area contributed by atoms with Crippen molar-refractivity contribution in [1.82, 2.24) is 15.0 Å². The van der Waals surface area contributed by atoms with Gasteiger partial charge in [-0.15, -0.1) is 0 Å². The van der Waals surface area contributed by atoms with Crippen LogP contribution in [0.5, 0.6) is 0 Å². The predicted octanol–water partition coefficient (Wildman–Crippen LogP) is 1.12. The average molecular weight is 224 g/mol. The van der Waals surface area contributed by atoms with Crippen LogP contribution in [0.2, 0.25) is 0 Å².